The van der Waals surface area contributed by atoms with Crippen molar-refractivity contribution < 1.29 is 14.3 Å². The molecule has 0 atom stereocenters. The highest BCUT2D eigenvalue weighted by Gasteiger charge is 2.29. The van der Waals surface area contributed by atoms with Crippen molar-refractivity contribution in [1.29, 1.82) is 0 Å². The van der Waals surface area contributed by atoms with Gasteiger partial charge in [-0.15, -0.1) is 24.0 Å². The SMILES string of the molecule is CC(C)OC(=O)Nc1ccc(-c2ncc(-c3ccc(N4CCN(Cc5ccccc5)C4=O)cc3S)s2)cc1. The van der Waals surface area contributed by atoms with Gasteiger partial charge in [0.1, 0.15) is 5.01 Å². The highest BCUT2D eigenvalue weighted by Crippen LogP contribution is 2.37. The molecule has 38 heavy (non-hydrogen) atoms. The number of benzene rings is 3. The minimum absolute atomic E-state index is 0.00446. The van der Waals surface area contributed by atoms with Crippen LogP contribution in [0.3, 0.4) is 0 Å². The first-order valence-electron chi connectivity index (χ1n) is 12.3. The summed E-state index contributed by atoms with van der Waals surface area (Å²) in [6.07, 6.45) is 1.18. The molecule has 0 radical (unpaired) electrons. The van der Waals surface area contributed by atoms with E-state index in [-0.39, 0.29) is 12.1 Å². The van der Waals surface area contributed by atoms with Gasteiger partial charge in [-0.1, -0.05) is 36.4 Å². The second kappa shape index (κ2) is 11.3. The zero-order valence-electron chi connectivity index (χ0n) is 21.1. The fourth-order valence-electron chi connectivity index (χ4n) is 4.26. The third-order valence-corrected chi connectivity index (χ3v) is 7.55. The summed E-state index contributed by atoms with van der Waals surface area (Å²) in [5.41, 5.74) is 4.52. The smallest absolute Gasteiger partial charge is 0.411 e. The number of hydrogen-bond acceptors (Lipinski definition) is 6. The van der Waals surface area contributed by atoms with Crippen molar-refractivity contribution in [2.75, 3.05) is 23.3 Å². The van der Waals surface area contributed by atoms with Crippen molar-refractivity contribution in [3.63, 3.8) is 0 Å². The summed E-state index contributed by atoms with van der Waals surface area (Å²) in [5.74, 6) is 0. The monoisotopic (exact) mass is 544 g/mol. The Morgan fingerprint density at radius 1 is 1.08 bits per heavy atom. The van der Waals surface area contributed by atoms with Crippen LogP contribution in [0.1, 0.15) is 19.4 Å². The normalized spacial score (nSPS) is 13.3. The molecule has 9 heteroatoms. The number of aromatic nitrogens is 1. The molecule has 0 unspecified atom stereocenters. The summed E-state index contributed by atoms with van der Waals surface area (Å²) in [5, 5.41) is 3.58. The molecular formula is C29H28N4O3S2. The fraction of sp³-hybridized carbons (Fsp3) is 0.207. The van der Waals surface area contributed by atoms with E-state index in [1.54, 1.807) is 30.1 Å². The van der Waals surface area contributed by atoms with Crippen molar-refractivity contribution in [2.45, 2.75) is 31.4 Å². The van der Waals surface area contributed by atoms with Crippen LogP contribution in [0.5, 0.6) is 0 Å². The molecule has 7 nitrogen and oxygen atoms in total. The Kier molecular flexibility index (Phi) is 7.67. The van der Waals surface area contributed by atoms with Gasteiger partial charge in [0.2, 0.25) is 0 Å². The summed E-state index contributed by atoms with van der Waals surface area (Å²) >= 11 is 6.31. The van der Waals surface area contributed by atoms with Gasteiger partial charge in [-0.3, -0.25) is 10.2 Å². The number of nitrogens with zero attached hydrogens (tertiary/aromatic N) is 3. The molecule has 1 aliphatic heterocycles. The van der Waals surface area contributed by atoms with E-state index in [9.17, 15) is 9.59 Å². The molecule has 0 saturated carbocycles. The Balaban J connectivity index is 1.26. The molecule has 5 rings (SSSR count). The standard InChI is InChI=1S/C29H28N4O3S2/c1-19(2)36-28(34)31-22-10-8-21(9-11-22)27-30-17-26(38-27)24-13-12-23(16-25(24)37)33-15-14-32(29(33)35)18-20-6-4-3-5-7-20/h3-13,16-17,19,37H,14-15,18H2,1-2H3,(H,31,34). The Labute approximate surface area is 231 Å². The molecule has 1 fully saturated rings. The van der Waals surface area contributed by atoms with Crippen molar-refractivity contribution >= 4 is 47.5 Å². The van der Waals surface area contributed by atoms with Crippen LogP contribution < -0.4 is 10.2 Å². The predicted molar refractivity (Wildman–Crippen MR) is 155 cm³/mol. The third kappa shape index (κ3) is 5.84. The van der Waals surface area contributed by atoms with E-state index in [1.807, 2.05) is 83.9 Å². The maximum absolute atomic E-state index is 13.1. The number of anilines is 2. The second-order valence-corrected chi connectivity index (χ2v) is 10.7. The van der Waals surface area contributed by atoms with Gasteiger partial charge >= 0.3 is 12.1 Å². The number of carbonyl (C=O) groups excluding carboxylic acids is 2. The molecule has 0 bridgehead atoms. The topological polar surface area (TPSA) is 74.8 Å². The summed E-state index contributed by atoms with van der Waals surface area (Å²) in [6, 6.07) is 23.4. The molecule has 3 aromatic carbocycles. The quantitative estimate of drug-likeness (QED) is 0.242. The summed E-state index contributed by atoms with van der Waals surface area (Å²) in [7, 11) is 0. The Morgan fingerprint density at radius 2 is 1.84 bits per heavy atom. The van der Waals surface area contributed by atoms with Gasteiger partial charge in [-0.05, 0) is 55.8 Å². The van der Waals surface area contributed by atoms with Gasteiger partial charge in [-0.2, -0.15) is 0 Å². The molecule has 194 valence electrons. The number of carbonyl (C=O) groups is 2. The third-order valence-electron chi connectivity index (χ3n) is 6.10. The van der Waals surface area contributed by atoms with E-state index in [0.29, 0.717) is 25.3 Å². The lowest BCUT2D eigenvalue weighted by atomic mass is 10.1. The number of thiazole rings is 1. The van der Waals surface area contributed by atoms with Gasteiger partial charge in [0.05, 0.1) is 11.0 Å². The summed E-state index contributed by atoms with van der Waals surface area (Å²) < 4.78 is 5.12. The number of amides is 3. The number of ether oxygens (including phenoxy) is 1. The van der Waals surface area contributed by atoms with Gasteiger partial charge in [0.15, 0.2) is 0 Å². The highest BCUT2D eigenvalue weighted by atomic mass is 32.1. The first-order chi connectivity index (χ1) is 18.4. The molecule has 1 aliphatic rings. The lowest BCUT2D eigenvalue weighted by molar-refractivity contribution is 0.130. The number of urea groups is 1. The average molecular weight is 545 g/mol. The van der Waals surface area contributed by atoms with Crippen molar-refractivity contribution in [3.05, 3.63) is 84.6 Å². The number of hydrogen-bond donors (Lipinski definition) is 2. The Bertz CT molecular complexity index is 1440. The zero-order chi connectivity index (χ0) is 26.6. The van der Waals surface area contributed by atoms with Crippen molar-refractivity contribution in [1.82, 2.24) is 9.88 Å². The van der Waals surface area contributed by atoms with Gasteiger partial charge in [-0.25, -0.2) is 14.6 Å². The van der Waals surface area contributed by atoms with Gasteiger partial charge < -0.3 is 9.64 Å². The maximum Gasteiger partial charge on any atom is 0.411 e. The largest absolute Gasteiger partial charge is 0.447 e. The van der Waals surface area contributed by atoms with E-state index >= 15 is 0 Å². The van der Waals surface area contributed by atoms with Crippen LogP contribution in [-0.2, 0) is 11.3 Å². The molecule has 2 heterocycles. The van der Waals surface area contributed by atoms with E-state index in [2.05, 4.69) is 10.3 Å². The van der Waals surface area contributed by atoms with Crippen LogP contribution in [-0.4, -0.2) is 41.2 Å². The number of thiol groups is 1. The first kappa shape index (κ1) is 25.8. The minimum Gasteiger partial charge on any atom is -0.447 e. The van der Waals surface area contributed by atoms with Crippen LogP contribution in [0.2, 0.25) is 0 Å². The lowest BCUT2D eigenvalue weighted by Gasteiger charge is -2.19. The van der Waals surface area contributed by atoms with Crippen LogP contribution in [0, 0.1) is 0 Å². The molecule has 1 N–H and O–H groups in total. The highest BCUT2D eigenvalue weighted by molar-refractivity contribution is 7.80. The maximum atomic E-state index is 13.1. The second-order valence-electron chi connectivity index (χ2n) is 9.23. The summed E-state index contributed by atoms with van der Waals surface area (Å²) in [6.45, 7) is 5.54. The van der Waals surface area contributed by atoms with Crippen LogP contribution in [0.25, 0.3) is 21.0 Å². The van der Waals surface area contributed by atoms with E-state index in [0.717, 1.165) is 37.2 Å². The van der Waals surface area contributed by atoms with Crippen LogP contribution >= 0.6 is 24.0 Å². The first-order valence-corrected chi connectivity index (χ1v) is 13.6. The lowest BCUT2D eigenvalue weighted by Crippen LogP contribution is -2.31. The molecule has 1 saturated heterocycles. The molecule has 4 aromatic rings. The van der Waals surface area contributed by atoms with Gasteiger partial charge in [0.25, 0.3) is 0 Å². The fourth-order valence-corrected chi connectivity index (χ4v) is 5.62. The van der Waals surface area contributed by atoms with Gasteiger partial charge in [0, 0.05) is 53.2 Å². The zero-order valence-corrected chi connectivity index (χ0v) is 22.8. The van der Waals surface area contributed by atoms with Crippen LogP contribution in [0.15, 0.2) is 83.9 Å². The number of nitrogens with one attached hydrogen (secondary N) is 1. The molecular weight excluding hydrogens is 516 g/mol. The van der Waals surface area contributed by atoms with Crippen molar-refractivity contribution in [2.24, 2.45) is 0 Å². The van der Waals surface area contributed by atoms with Crippen molar-refractivity contribution in [3.8, 4) is 21.0 Å². The minimum atomic E-state index is -0.478. The predicted octanol–water partition coefficient (Wildman–Crippen LogP) is 7.16. The average Bonchev–Trinajstić information content (AvgIpc) is 3.52. The van der Waals surface area contributed by atoms with Crippen LogP contribution in [0.4, 0.5) is 21.0 Å². The van der Waals surface area contributed by atoms with E-state index < -0.39 is 6.09 Å². The molecule has 0 spiro atoms. The number of rotatable bonds is 7. The Morgan fingerprint density at radius 3 is 2.55 bits per heavy atom. The molecule has 0 aliphatic carbocycles. The Hall–Kier alpha value is -3.82. The molecule has 3 amide bonds. The summed E-state index contributed by atoms with van der Waals surface area (Å²) in [4.78, 5) is 34.9. The van der Waals surface area contributed by atoms with E-state index in [1.165, 1.54) is 0 Å². The van der Waals surface area contributed by atoms with E-state index in [4.69, 9.17) is 17.4 Å². The molecule has 1 aromatic heterocycles.